The molecule has 0 radical (unpaired) electrons. The number of hydrogen-bond acceptors (Lipinski definition) is 5. The van der Waals surface area contributed by atoms with Gasteiger partial charge in [0.05, 0.1) is 6.10 Å². The molecule has 1 aliphatic heterocycles. The minimum atomic E-state index is -0.392. The fourth-order valence-electron chi connectivity index (χ4n) is 3.87. The molecule has 2 aromatic heterocycles. The smallest absolute Gasteiger partial charge is 0.339 e. The lowest BCUT2D eigenvalue weighted by Gasteiger charge is -2.11. The van der Waals surface area contributed by atoms with Crippen LogP contribution in [0.15, 0.2) is 25.8 Å². The van der Waals surface area contributed by atoms with E-state index in [1.807, 2.05) is 26.8 Å². The third kappa shape index (κ3) is 3.44. The summed E-state index contributed by atoms with van der Waals surface area (Å²) in [5.74, 6) is 0.777. The summed E-state index contributed by atoms with van der Waals surface area (Å²) in [5.41, 5.74) is 3.32. The first kappa shape index (κ1) is 18.7. The van der Waals surface area contributed by atoms with Gasteiger partial charge in [-0.3, -0.25) is 4.79 Å². The van der Waals surface area contributed by atoms with Crippen molar-refractivity contribution < 1.29 is 18.4 Å². The van der Waals surface area contributed by atoms with Gasteiger partial charge in [0.1, 0.15) is 16.9 Å². The van der Waals surface area contributed by atoms with Crippen LogP contribution in [0.4, 0.5) is 0 Å². The number of fused-ring (bicyclic) bond motifs is 2. The second-order valence-electron chi connectivity index (χ2n) is 7.56. The van der Waals surface area contributed by atoms with Crippen molar-refractivity contribution in [1.29, 1.82) is 0 Å². The largest absolute Gasteiger partial charge is 0.461 e. The molecule has 1 N–H and O–H groups in total. The Bertz CT molecular complexity index is 1100. The van der Waals surface area contributed by atoms with Gasteiger partial charge in [0, 0.05) is 42.0 Å². The highest BCUT2D eigenvalue weighted by Crippen LogP contribution is 2.31. The standard InChI is InChI=1S/C22H25NO5/c1-12-14(3)27-19-10-20-18(9-17(12)19)13(2)16(22(25)28-20)6-7-21(24)23-11-15-5-4-8-26-15/h9-10,15H,4-8,11H2,1-3H3,(H,23,24)/t15-/m1/s1. The van der Waals surface area contributed by atoms with Crippen molar-refractivity contribution in [3.05, 3.63) is 45.0 Å². The number of hydrogen-bond donors (Lipinski definition) is 1. The monoisotopic (exact) mass is 383 g/mol. The van der Waals surface area contributed by atoms with Crippen LogP contribution in [-0.4, -0.2) is 25.2 Å². The van der Waals surface area contributed by atoms with Crippen LogP contribution in [0.2, 0.25) is 0 Å². The summed E-state index contributed by atoms with van der Waals surface area (Å²) in [4.78, 5) is 24.7. The summed E-state index contributed by atoms with van der Waals surface area (Å²) >= 11 is 0. The summed E-state index contributed by atoms with van der Waals surface area (Å²) < 4.78 is 16.8. The summed E-state index contributed by atoms with van der Waals surface area (Å²) in [6.45, 7) is 7.14. The Balaban J connectivity index is 1.56. The summed E-state index contributed by atoms with van der Waals surface area (Å²) in [6.07, 6.45) is 2.73. The Morgan fingerprint density at radius 2 is 1.86 bits per heavy atom. The molecule has 1 amide bonds. The van der Waals surface area contributed by atoms with Gasteiger partial charge < -0.3 is 18.9 Å². The Kier molecular flexibility index (Phi) is 4.98. The van der Waals surface area contributed by atoms with Gasteiger partial charge in [0.15, 0.2) is 0 Å². The Hall–Kier alpha value is -2.60. The van der Waals surface area contributed by atoms with E-state index in [0.29, 0.717) is 29.7 Å². The Morgan fingerprint density at radius 1 is 1.11 bits per heavy atom. The molecule has 1 saturated heterocycles. The molecule has 28 heavy (non-hydrogen) atoms. The van der Waals surface area contributed by atoms with Gasteiger partial charge in [-0.15, -0.1) is 0 Å². The molecular formula is C22H25NO5. The van der Waals surface area contributed by atoms with Crippen LogP contribution in [0, 0.1) is 20.8 Å². The highest BCUT2D eigenvalue weighted by molar-refractivity contribution is 5.96. The predicted molar refractivity (Wildman–Crippen MR) is 107 cm³/mol. The van der Waals surface area contributed by atoms with Crippen molar-refractivity contribution in [1.82, 2.24) is 5.32 Å². The van der Waals surface area contributed by atoms with E-state index in [-0.39, 0.29) is 18.4 Å². The van der Waals surface area contributed by atoms with Crippen molar-refractivity contribution in [3.8, 4) is 0 Å². The Morgan fingerprint density at radius 3 is 2.61 bits per heavy atom. The molecule has 6 heteroatoms. The van der Waals surface area contributed by atoms with Crippen LogP contribution in [-0.2, 0) is 16.0 Å². The van der Waals surface area contributed by atoms with Crippen LogP contribution in [0.25, 0.3) is 21.9 Å². The zero-order chi connectivity index (χ0) is 19.8. The van der Waals surface area contributed by atoms with E-state index in [4.69, 9.17) is 13.6 Å². The molecule has 0 aliphatic carbocycles. The highest BCUT2D eigenvalue weighted by atomic mass is 16.5. The van der Waals surface area contributed by atoms with Crippen molar-refractivity contribution in [2.75, 3.05) is 13.2 Å². The molecule has 0 saturated carbocycles. The maximum absolute atomic E-state index is 12.5. The number of carbonyl (C=O) groups excluding carboxylic acids is 1. The van der Waals surface area contributed by atoms with Crippen LogP contribution in [0.1, 0.15) is 41.7 Å². The minimum Gasteiger partial charge on any atom is -0.461 e. The fraction of sp³-hybridized carbons (Fsp3) is 0.455. The Labute approximate surface area is 162 Å². The fourth-order valence-corrected chi connectivity index (χ4v) is 3.87. The quantitative estimate of drug-likeness (QED) is 0.680. The van der Waals surface area contributed by atoms with Crippen molar-refractivity contribution >= 4 is 27.8 Å². The maximum Gasteiger partial charge on any atom is 0.339 e. The van der Waals surface area contributed by atoms with Crippen molar-refractivity contribution in [3.63, 3.8) is 0 Å². The highest BCUT2D eigenvalue weighted by Gasteiger charge is 2.18. The van der Waals surface area contributed by atoms with Gasteiger partial charge in [0.25, 0.3) is 0 Å². The van der Waals surface area contributed by atoms with E-state index >= 15 is 0 Å². The third-order valence-electron chi connectivity index (χ3n) is 5.74. The lowest BCUT2D eigenvalue weighted by Crippen LogP contribution is -2.32. The second kappa shape index (κ2) is 7.43. The van der Waals surface area contributed by atoms with Crippen molar-refractivity contribution in [2.24, 2.45) is 0 Å². The molecule has 1 aliphatic rings. The number of carbonyl (C=O) groups is 1. The van der Waals surface area contributed by atoms with E-state index in [9.17, 15) is 9.59 Å². The molecule has 1 fully saturated rings. The first-order valence-electron chi connectivity index (χ1n) is 9.78. The first-order chi connectivity index (χ1) is 13.4. The van der Waals surface area contributed by atoms with E-state index in [2.05, 4.69) is 5.32 Å². The zero-order valence-corrected chi connectivity index (χ0v) is 16.5. The topological polar surface area (TPSA) is 81.7 Å². The summed E-state index contributed by atoms with van der Waals surface area (Å²) in [6, 6.07) is 3.78. The summed E-state index contributed by atoms with van der Waals surface area (Å²) in [5, 5.41) is 4.79. The number of benzene rings is 1. The minimum absolute atomic E-state index is 0.0776. The van der Waals surface area contributed by atoms with Crippen LogP contribution in [0.5, 0.6) is 0 Å². The normalized spacial score (nSPS) is 16.9. The van der Waals surface area contributed by atoms with Crippen LogP contribution in [0.3, 0.4) is 0 Å². The average molecular weight is 383 g/mol. The average Bonchev–Trinajstić information content (AvgIpc) is 3.27. The van der Waals surface area contributed by atoms with Crippen molar-refractivity contribution in [2.45, 2.75) is 52.6 Å². The molecule has 0 unspecified atom stereocenters. The van der Waals surface area contributed by atoms with Gasteiger partial charge in [0.2, 0.25) is 5.91 Å². The van der Waals surface area contributed by atoms with Gasteiger partial charge in [-0.25, -0.2) is 4.79 Å². The molecule has 0 bridgehead atoms. The molecular weight excluding hydrogens is 358 g/mol. The molecule has 0 spiro atoms. The molecule has 1 atom stereocenters. The van der Waals surface area contributed by atoms with Crippen LogP contribution < -0.4 is 10.9 Å². The van der Waals surface area contributed by atoms with E-state index in [1.165, 1.54) is 0 Å². The third-order valence-corrected chi connectivity index (χ3v) is 5.74. The predicted octanol–water partition coefficient (Wildman–Crippen LogP) is 3.69. The number of amides is 1. The second-order valence-corrected chi connectivity index (χ2v) is 7.56. The lowest BCUT2D eigenvalue weighted by atomic mass is 10.0. The first-order valence-corrected chi connectivity index (χ1v) is 9.78. The number of rotatable bonds is 5. The van der Waals surface area contributed by atoms with E-state index < -0.39 is 5.63 Å². The SMILES string of the molecule is Cc1oc2cc3oc(=O)c(CCC(=O)NC[C@H]4CCCO4)c(C)c3cc2c1C. The lowest BCUT2D eigenvalue weighted by molar-refractivity contribution is -0.121. The molecule has 1 aromatic carbocycles. The molecule has 6 nitrogen and oxygen atoms in total. The number of furan rings is 1. The molecule has 148 valence electrons. The number of ether oxygens (including phenoxy) is 1. The van der Waals surface area contributed by atoms with Gasteiger partial charge in [-0.1, -0.05) is 0 Å². The number of aryl methyl sites for hydroxylation is 3. The zero-order valence-electron chi connectivity index (χ0n) is 16.5. The maximum atomic E-state index is 12.5. The van der Waals surface area contributed by atoms with E-state index in [1.54, 1.807) is 6.07 Å². The summed E-state index contributed by atoms with van der Waals surface area (Å²) in [7, 11) is 0. The van der Waals surface area contributed by atoms with Crippen LogP contribution >= 0.6 is 0 Å². The van der Waals surface area contributed by atoms with Gasteiger partial charge in [-0.05, 0) is 57.2 Å². The molecule has 3 heterocycles. The van der Waals surface area contributed by atoms with Gasteiger partial charge in [-0.2, -0.15) is 0 Å². The number of nitrogens with one attached hydrogen (secondary N) is 1. The van der Waals surface area contributed by atoms with E-state index in [0.717, 1.165) is 47.1 Å². The molecule has 3 aromatic rings. The molecule has 4 rings (SSSR count). The van der Waals surface area contributed by atoms with Gasteiger partial charge >= 0.3 is 5.63 Å².